The Hall–Kier alpha value is -1.29. The molecule has 5 heteroatoms. The molecule has 0 radical (unpaired) electrons. The molecular formula is C16H16Cl2N2S. The van der Waals surface area contributed by atoms with E-state index in [2.05, 4.69) is 23.6 Å². The molecule has 0 aliphatic heterocycles. The lowest BCUT2D eigenvalue weighted by atomic mass is 10.1. The molecule has 2 rings (SSSR count). The van der Waals surface area contributed by atoms with Crippen molar-refractivity contribution in [1.29, 1.82) is 0 Å². The second-order valence-electron chi connectivity index (χ2n) is 4.57. The van der Waals surface area contributed by atoms with Gasteiger partial charge >= 0.3 is 0 Å². The van der Waals surface area contributed by atoms with Crippen LogP contribution >= 0.6 is 35.4 Å². The van der Waals surface area contributed by atoms with Gasteiger partial charge in [-0.15, -0.1) is 0 Å². The Labute approximate surface area is 140 Å². The molecule has 0 heterocycles. The van der Waals surface area contributed by atoms with Crippen LogP contribution < -0.4 is 10.6 Å². The first-order chi connectivity index (χ1) is 10.1. The van der Waals surface area contributed by atoms with Crippen molar-refractivity contribution in [2.24, 2.45) is 0 Å². The summed E-state index contributed by atoms with van der Waals surface area (Å²) in [6, 6.07) is 13.7. The van der Waals surface area contributed by atoms with E-state index in [-0.39, 0.29) is 0 Å². The van der Waals surface area contributed by atoms with Crippen LogP contribution in [0.4, 0.5) is 5.69 Å². The zero-order chi connectivity index (χ0) is 15.2. The van der Waals surface area contributed by atoms with Crippen LogP contribution in [-0.2, 0) is 13.0 Å². The maximum absolute atomic E-state index is 5.99. The molecule has 0 aromatic heterocycles. The highest BCUT2D eigenvalue weighted by Gasteiger charge is 2.03. The topological polar surface area (TPSA) is 24.1 Å². The van der Waals surface area contributed by atoms with Crippen LogP contribution in [0.5, 0.6) is 0 Å². The number of rotatable bonds is 4. The minimum atomic E-state index is 0.547. The van der Waals surface area contributed by atoms with E-state index >= 15 is 0 Å². The van der Waals surface area contributed by atoms with E-state index in [0.717, 1.165) is 17.7 Å². The van der Waals surface area contributed by atoms with Gasteiger partial charge in [-0.05, 0) is 48.0 Å². The van der Waals surface area contributed by atoms with Gasteiger partial charge in [0.25, 0.3) is 0 Å². The zero-order valence-electron chi connectivity index (χ0n) is 11.6. The lowest BCUT2D eigenvalue weighted by Gasteiger charge is -2.13. The minimum Gasteiger partial charge on any atom is -0.358 e. The first-order valence-electron chi connectivity index (χ1n) is 6.67. The predicted molar refractivity (Wildman–Crippen MR) is 95.3 cm³/mol. The summed E-state index contributed by atoms with van der Waals surface area (Å²) < 4.78 is 0. The third-order valence-corrected chi connectivity index (χ3v) is 4.07. The van der Waals surface area contributed by atoms with Crippen LogP contribution in [0.25, 0.3) is 0 Å². The number of hydrogen-bond acceptors (Lipinski definition) is 1. The van der Waals surface area contributed by atoms with Gasteiger partial charge in [0.1, 0.15) is 0 Å². The van der Waals surface area contributed by atoms with Gasteiger partial charge in [-0.3, -0.25) is 0 Å². The summed E-state index contributed by atoms with van der Waals surface area (Å²) in [4.78, 5) is 0. The second-order valence-corrected chi connectivity index (χ2v) is 5.79. The Kier molecular flexibility index (Phi) is 5.85. The molecular weight excluding hydrogens is 323 g/mol. The summed E-state index contributed by atoms with van der Waals surface area (Å²) >= 11 is 17.2. The van der Waals surface area contributed by atoms with E-state index < -0.39 is 0 Å². The van der Waals surface area contributed by atoms with Crippen molar-refractivity contribution in [2.75, 3.05) is 5.32 Å². The number of anilines is 1. The lowest BCUT2D eigenvalue weighted by Crippen LogP contribution is -2.28. The van der Waals surface area contributed by atoms with Gasteiger partial charge in [-0.25, -0.2) is 0 Å². The first kappa shape index (κ1) is 16.1. The van der Waals surface area contributed by atoms with Gasteiger partial charge in [0, 0.05) is 12.2 Å². The molecule has 0 bridgehead atoms. The number of nitrogens with one attached hydrogen (secondary N) is 2. The highest BCUT2D eigenvalue weighted by atomic mass is 35.5. The van der Waals surface area contributed by atoms with Crippen LogP contribution in [0.1, 0.15) is 18.1 Å². The molecule has 2 aromatic rings. The molecule has 21 heavy (non-hydrogen) atoms. The summed E-state index contributed by atoms with van der Waals surface area (Å²) in [7, 11) is 0. The zero-order valence-corrected chi connectivity index (χ0v) is 13.9. The maximum atomic E-state index is 5.99. The van der Waals surface area contributed by atoms with E-state index in [1.165, 1.54) is 5.56 Å². The maximum Gasteiger partial charge on any atom is 0.171 e. The van der Waals surface area contributed by atoms with Crippen molar-refractivity contribution in [3.63, 3.8) is 0 Å². The number of halogens is 2. The molecule has 0 amide bonds. The summed E-state index contributed by atoms with van der Waals surface area (Å²) in [5.74, 6) is 0. The third-order valence-electron chi connectivity index (χ3n) is 3.08. The number of thiocarbonyl (C=S) groups is 1. The van der Waals surface area contributed by atoms with E-state index in [9.17, 15) is 0 Å². The SMILES string of the molecule is CCc1ccccc1NC(=S)NCc1ccc(Cl)c(Cl)c1. The normalized spacial score (nSPS) is 10.2. The predicted octanol–water partition coefficient (Wildman–Crippen LogP) is 5.04. The Morgan fingerprint density at radius 1 is 1.10 bits per heavy atom. The van der Waals surface area contributed by atoms with Crippen molar-refractivity contribution in [3.8, 4) is 0 Å². The fourth-order valence-electron chi connectivity index (χ4n) is 1.95. The molecule has 0 aliphatic rings. The monoisotopic (exact) mass is 338 g/mol. The fraction of sp³-hybridized carbons (Fsp3) is 0.188. The average Bonchev–Trinajstić information content (AvgIpc) is 2.49. The molecule has 0 saturated carbocycles. The van der Waals surface area contributed by atoms with Crippen molar-refractivity contribution in [2.45, 2.75) is 19.9 Å². The minimum absolute atomic E-state index is 0.547. The molecule has 2 N–H and O–H groups in total. The summed E-state index contributed by atoms with van der Waals surface area (Å²) in [5, 5.41) is 8.07. The van der Waals surface area contributed by atoms with Crippen LogP contribution in [0.3, 0.4) is 0 Å². The number of aryl methyl sites for hydroxylation is 1. The third kappa shape index (κ3) is 4.60. The van der Waals surface area contributed by atoms with Crippen molar-refractivity contribution >= 4 is 46.2 Å². The highest BCUT2D eigenvalue weighted by molar-refractivity contribution is 7.80. The van der Waals surface area contributed by atoms with Gasteiger partial charge < -0.3 is 10.6 Å². The van der Waals surface area contributed by atoms with Gasteiger partial charge in [-0.2, -0.15) is 0 Å². The van der Waals surface area contributed by atoms with E-state index in [0.29, 0.717) is 21.7 Å². The van der Waals surface area contributed by atoms with E-state index in [4.69, 9.17) is 35.4 Å². The van der Waals surface area contributed by atoms with Gasteiger partial charge in [-0.1, -0.05) is 54.4 Å². The van der Waals surface area contributed by atoms with Gasteiger partial charge in [0.15, 0.2) is 5.11 Å². The molecule has 0 aliphatic carbocycles. The molecule has 0 fully saturated rings. The van der Waals surface area contributed by atoms with Gasteiger partial charge in [0.2, 0.25) is 0 Å². The molecule has 0 saturated heterocycles. The Bertz CT molecular complexity index is 644. The van der Waals surface area contributed by atoms with Gasteiger partial charge in [0.05, 0.1) is 10.0 Å². The summed E-state index contributed by atoms with van der Waals surface area (Å²) in [5.41, 5.74) is 3.29. The lowest BCUT2D eigenvalue weighted by molar-refractivity contribution is 0.925. The number of hydrogen-bond donors (Lipinski definition) is 2. The molecule has 110 valence electrons. The van der Waals surface area contributed by atoms with Crippen LogP contribution in [0.2, 0.25) is 10.0 Å². The molecule has 2 aromatic carbocycles. The van der Waals surface area contributed by atoms with E-state index in [1.54, 1.807) is 6.07 Å². The molecule has 0 spiro atoms. The van der Waals surface area contributed by atoms with Crippen molar-refractivity contribution in [1.82, 2.24) is 5.32 Å². The summed E-state index contributed by atoms with van der Waals surface area (Å²) in [6.45, 7) is 2.71. The smallest absolute Gasteiger partial charge is 0.171 e. The second kappa shape index (κ2) is 7.64. The highest BCUT2D eigenvalue weighted by Crippen LogP contribution is 2.22. The Morgan fingerprint density at radius 2 is 1.86 bits per heavy atom. The van der Waals surface area contributed by atoms with Crippen LogP contribution in [0.15, 0.2) is 42.5 Å². The molecule has 2 nitrogen and oxygen atoms in total. The van der Waals surface area contributed by atoms with Crippen molar-refractivity contribution in [3.05, 3.63) is 63.6 Å². The average molecular weight is 339 g/mol. The standard InChI is InChI=1S/C16H16Cl2N2S/c1-2-12-5-3-4-6-15(12)20-16(21)19-10-11-7-8-13(17)14(18)9-11/h3-9H,2,10H2,1H3,(H2,19,20,21). The Balaban J connectivity index is 1.94. The van der Waals surface area contributed by atoms with Crippen molar-refractivity contribution < 1.29 is 0 Å². The number of para-hydroxylation sites is 1. The quantitative estimate of drug-likeness (QED) is 0.763. The number of benzene rings is 2. The largest absolute Gasteiger partial charge is 0.358 e. The fourth-order valence-corrected chi connectivity index (χ4v) is 2.45. The summed E-state index contributed by atoms with van der Waals surface area (Å²) in [6.07, 6.45) is 0.957. The first-order valence-corrected chi connectivity index (χ1v) is 7.83. The molecule has 0 atom stereocenters. The Morgan fingerprint density at radius 3 is 2.57 bits per heavy atom. The van der Waals surface area contributed by atoms with Crippen LogP contribution in [0, 0.1) is 0 Å². The van der Waals surface area contributed by atoms with Crippen LogP contribution in [-0.4, -0.2) is 5.11 Å². The molecule has 0 unspecified atom stereocenters. The van der Waals surface area contributed by atoms with E-state index in [1.807, 2.05) is 30.3 Å².